The van der Waals surface area contributed by atoms with Gasteiger partial charge in [-0.1, -0.05) is 32.4 Å². The number of halogens is 7. The van der Waals surface area contributed by atoms with Crippen LogP contribution in [0.15, 0.2) is 66.2 Å². The van der Waals surface area contributed by atoms with E-state index >= 15 is 0 Å². The van der Waals surface area contributed by atoms with Gasteiger partial charge in [-0.05, 0) is 85.9 Å². The maximum Gasteiger partial charge on any atom is 0.432 e. The van der Waals surface area contributed by atoms with Gasteiger partial charge in [0.25, 0.3) is 0 Å². The molecule has 0 spiro atoms. The van der Waals surface area contributed by atoms with E-state index in [1.807, 2.05) is 0 Å². The van der Waals surface area contributed by atoms with Crippen LogP contribution in [-0.2, 0) is 4.74 Å². The zero-order chi connectivity index (χ0) is 28.7. The van der Waals surface area contributed by atoms with E-state index < -0.39 is 47.6 Å². The third-order valence-electron chi connectivity index (χ3n) is 6.84. The van der Waals surface area contributed by atoms with Gasteiger partial charge in [0.2, 0.25) is 0 Å². The Kier molecular flexibility index (Phi) is 10.3. The van der Waals surface area contributed by atoms with Crippen molar-refractivity contribution in [2.24, 2.45) is 11.8 Å². The van der Waals surface area contributed by atoms with E-state index in [1.54, 1.807) is 6.08 Å². The summed E-state index contributed by atoms with van der Waals surface area (Å²) >= 11 is 0. The lowest BCUT2D eigenvalue weighted by Crippen LogP contribution is -2.30. The largest absolute Gasteiger partial charge is 0.485 e. The Morgan fingerprint density at radius 2 is 1.64 bits per heavy atom. The predicted octanol–water partition coefficient (Wildman–Crippen LogP) is 9.82. The van der Waals surface area contributed by atoms with E-state index in [1.165, 1.54) is 19.4 Å². The molecule has 0 aliphatic heterocycles. The minimum atomic E-state index is -3.97. The van der Waals surface area contributed by atoms with Crippen LogP contribution in [0.2, 0.25) is 0 Å². The summed E-state index contributed by atoms with van der Waals surface area (Å²) in [7, 11) is 0. The van der Waals surface area contributed by atoms with Crippen LogP contribution < -0.4 is 4.74 Å². The van der Waals surface area contributed by atoms with Crippen LogP contribution in [0.25, 0.3) is 11.1 Å². The normalized spacial score (nSPS) is 18.9. The van der Waals surface area contributed by atoms with Gasteiger partial charge in [0.15, 0.2) is 29.9 Å². The number of benzene rings is 2. The highest BCUT2D eigenvalue weighted by molar-refractivity contribution is 5.65. The van der Waals surface area contributed by atoms with Crippen LogP contribution in [0.4, 0.5) is 30.7 Å². The average Bonchev–Trinajstić information content (AvgIpc) is 2.89. The monoisotopic (exact) mass is 556 g/mol. The van der Waals surface area contributed by atoms with E-state index in [0.29, 0.717) is 29.7 Å². The summed E-state index contributed by atoms with van der Waals surface area (Å²) in [6.45, 7) is 5.75. The van der Waals surface area contributed by atoms with Gasteiger partial charge in [-0.2, -0.15) is 8.78 Å². The Morgan fingerprint density at radius 1 is 1.00 bits per heavy atom. The molecule has 9 heteroatoms. The molecule has 0 heterocycles. The van der Waals surface area contributed by atoms with E-state index in [4.69, 9.17) is 4.74 Å². The third kappa shape index (κ3) is 8.13. The molecule has 1 aliphatic rings. The van der Waals surface area contributed by atoms with Gasteiger partial charge in [-0.3, -0.25) is 0 Å². The zero-order valence-electron chi connectivity index (χ0n) is 21.8. The molecule has 3 rings (SSSR count). The molecule has 0 bridgehead atoms. The molecule has 0 unspecified atom stereocenters. The summed E-state index contributed by atoms with van der Waals surface area (Å²) in [5.74, 6) is -6.90. The van der Waals surface area contributed by atoms with Crippen molar-refractivity contribution in [1.29, 1.82) is 0 Å². The highest BCUT2D eigenvalue weighted by Gasteiger charge is 2.34. The van der Waals surface area contributed by atoms with E-state index in [-0.39, 0.29) is 22.8 Å². The van der Waals surface area contributed by atoms with Crippen molar-refractivity contribution in [2.75, 3.05) is 6.61 Å². The Bertz CT molecular complexity index is 1200. The van der Waals surface area contributed by atoms with Crippen molar-refractivity contribution >= 4 is 0 Å². The quantitative estimate of drug-likeness (QED) is 0.119. The first-order valence-electron chi connectivity index (χ1n) is 12.8. The summed E-state index contributed by atoms with van der Waals surface area (Å²) in [5, 5.41) is 0. The molecule has 1 saturated carbocycles. The van der Waals surface area contributed by atoms with Gasteiger partial charge in [-0.15, -0.1) is 0 Å². The lowest BCUT2D eigenvalue weighted by atomic mass is 9.77. The molecular weight excluding hydrogens is 525 g/mol. The fourth-order valence-corrected chi connectivity index (χ4v) is 4.75. The number of hydrogen-bond donors (Lipinski definition) is 0. The van der Waals surface area contributed by atoms with Crippen LogP contribution in [0.1, 0.15) is 52.4 Å². The molecule has 0 N–H and O–H groups in total. The fraction of sp³-hybridized carbons (Fsp3) is 0.400. The number of ether oxygens (including phenoxy) is 2. The molecule has 0 atom stereocenters. The van der Waals surface area contributed by atoms with Gasteiger partial charge < -0.3 is 9.47 Å². The minimum Gasteiger partial charge on any atom is -0.485 e. The molecule has 0 radical (unpaired) electrons. The van der Waals surface area contributed by atoms with Gasteiger partial charge in [0.05, 0.1) is 0 Å². The Labute approximate surface area is 223 Å². The van der Waals surface area contributed by atoms with Gasteiger partial charge in [0.1, 0.15) is 17.3 Å². The fourth-order valence-electron chi connectivity index (χ4n) is 4.75. The standard InChI is InChI=1S/C30H31F7O2/c1-4-6-19-7-9-21(10-8-19)20(5-2)13-25(31)18(3)38-17-30(36,37)39-23-11-12-24(26(32)16-23)22-14-27(33)29(35)28(34)15-22/h5,11-16,19,21H,2,4,6-10,17H2,1,3H3/b20-13+,25-18-. The Morgan fingerprint density at radius 3 is 2.21 bits per heavy atom. The maximum atomic E-state index is 14.7. The lowest BCUT2D eigenvalue weighted by Gasteiger charge is -2.29. The molecule has 0 aromatic heterocycles. The van der Waals surface area contributed by atoms with Gasteiger partial charge in [0, 0.05) is 11.6 Å². The molecule has 1 aliphatic carbocycles. The molecule has 0 amide bonds. The molecular formula is C30H31F7O2. The lowest BCUT2D eigenvalue weighted by molar-refractivity contribution is -0.204. The zero-order valence-corrected chi connectivity index (χ0v) is 21.8. The van der Waals surface area contributed by atoms with Crippen LogP contribution >= 0.6 is 0 Å². The molecule has 212 valence electrons. The Hall–Kier alpha value is -3.23. The van der Waals surface area contributed by atoms with Crippen LogP contribution in [-0.4, -0.2) is 12.7 Å². The topological polar surface area (TPSA) is 18.5 Å². The second-order valence-electron chi connectivity index (χ2n) is 9.68. The Balaban J connectivity index is 1.64. The van der Waals surface area contributed by atoms with Crippen molar-refractivity contribution in [3.8, 4) is 16.9 Å². The number of alkyl halides is 2. The van der Waals surface area contributed by atoms with Crippen LogP contribution in [0.3, 0.4) is 0 Å². The minimum absolute atomic E-state index is 0.139. The first kappa shape index (κ1) is 30.3. The smallest absolute Gasteiger partial charge is 0.432 e. The van der Waals surface area contributed by atoms with Crippen molar-refractivity contribution in [3.05, 3.63) is 89.5 Å². The van der Waals surface area contributed by atoms with Crippen molar-refractivity contribution < 1.29 is 40.2 Å². The van der Waals surface area contributed by atoms with Crippen molar-refractivity contribution in [3.63, 3.8) is 0 Å². The molecule has 2 aromatic rings. The third-order valence-corrected chi connectivity index (χ3v) is 6.84. The summed E-state index contributed by atoms with van der Waals surface area (Å²) < 4.78 is 108. The van der Waals surface area contributed by atoms with Crippen LogP contribution in [0, 0.1) is 35.1 Å². The van der Waals surface area contributed by atoms with Gasteiger partial charge in [-0.25, -0.2) is 22.0 Å². The summed E-state index contributed by atoms with van der Waals surface area (Å²) in [6.07, 6.45) is 5.06. The second-order valence-corrected chi connectivity index (χ2v) is 9.68. The predicted molar refractivity (Wildman–Crippen MR) is 136 cm³/mol. The number of hydrogen-bond acceptors (Lipinski definition) is 2. The second kappa shape index (κ2) is 13.2. The van der Waals surface area contributed by atoms with E-state index in [9.17, 15) is 30.7 Å². The molecule has 2 aromatic carbocycles. The highest BCUT2D eigenvalue weighted by atomic mass is 19.3. The van der Waals surface area contributed by atoms with E-state index in [0.717, 1.165) is 44.2 Å². The average molecular weight is 557 g/mol. The van der Waals surface area contributed by atoms with Gasteiger partial charge >= 0.3 is 6.11 Å². The first-order chi connectivity index (χ1) is 18.4. The summed E-state index contributed by atoms with van der Waals surface area (Å²) in [6, 6.07) is 3.64. The summed E-state index contributed by atoms with van der Waals surface area (Å²) in [4.78, 5) is 0. The SMILES string of the molecule is C=C/C(=C\C(F)=C(/C)OCC(F)(F)Oc1ccc(-c2cc(F)c(F)c(F)c2)c(F)c1)C1CCC(CCC)CC1. The van der Waals surface area contributed by atoms with Crippen molar-refractivity contribution in [2.45, 2.75) is 58.5 Å². The van der Waals surface area contributed by atoms with Crippen LogP contribution in [0.5, 0.6) is 5.75 Å². The maximum absolute atomic E-state index is 14.7. The highest BCUT2D eigenvalue weighted by Crippen LogP contribution is 2.36. The molecule has 39 heavy (non-hydrogen) atoms. The molecule has 2 nitrogen and oxygen atoms in total. The van der Waals surface area contributed by atoms with E-state index in [2.05, 4.69) is 18.2 Å². The first-order valence-corrected chi connectivity index (χ1v) is 12.8. The summed E-state index contributed by atoms with van der Waals surface area (Å²) in [5.41, 5.74) is -0.00292. The number of rotatable bonds is 11. The molecule has 0 saturated heterocycles. The van der Waals surface area contributed by atoms with Crippen molar-refractivity contribution in [1.82, 2.24) is 0 Å². The number of allylic oxidation sites excluding steroid dienone is 5. The molecule has 1 fully saturated rings.